The van der Waals surface area contributed by atoms with Gasteiger partial charge in [0.15, 0.2) is 0 Å². The highest BCUT2D eigenvalue weighted by Crippen LogP contribution is 2.32. The van der Waals surface area contributed by atoms with Crippen molar-refractivity contribution in [3.05, 3.63) is 59.7 Å². The summed E-state index contributed by atoms with van der Waals surface area (Å²) in [5.41, 5.74) is -2.05. The van der Waals surface area contributed by atoms with Crippen LogP contribution in [0.25, 0.3) is 0 Å². The second-order valence-corrected chi connectivity index (χ2v) is 6.50. The van der Waals surface area contributed by atoms with Crippen LogP contribution < -0.4 is 0 Å². The van der Waals surface area contributed by atoms with E-state index in [0.717, 1.165) is 24.3 Å². The van der Waals surface area contributed by atoms with Crippen molar-refractivity contribution in [2.75, 3.05) is 0 Å². The maximum atomic E-state index is 12.4. The van der Waals surface area contributed by atoms with Crippen LogP contribution in [-0.2, 0) is 22.2 Å². The molecule has 2 aromatic carbocycles. The van der Waals surface area contributed by atoms with Crippen molar-refractivity contribution in [3.63, 3.8) is 0 Å². The van der Waals surface area contributed by atoms with E-state index < -0.39 is 43.1 Å². The van der Waals surface area contributed by atoms with Crippen LogP contribution in [0.4, 0.5) is 26.3 Å². The van der Waals surface area contributed by atoms with Gasteiger partial charge in [-0.1, -0.05) is 0 Å². The Bertz CT molecular complexity index is 724. The van der Waals surface area contributed by atoms with Crippen LogP contribution in [0.3, 0.4) is 0 Å². The average molecular weight is 354 g/mol. The van der Waals surface area contributed by atoms with Crippen LogP contribution in [0.15, 0.2) is 58.3 Å². The summed E-state index contributed by atoms with van der Waals surface area (Å²) in [6.07, 6.45) is -9.23. The molecule has 9 heteroatoms. The highest BCUT2D eigenvalue weighted by atomic mass is 32.2. The highest BCUT2D eigenvalue weighted by molar-refractivity contribution is 7.91. The second kappa shape index (κ2) is 5.55. The predicted octanol–water partition coefficient (Wildman–Crippen LogP) is 4.56. The van der Waals surface area contributed by atoms with Crippen LogP contribution in [-0.4, -0.2) is 8.42 Å². The maximum Gasteiger partial charge on any atom is 0.416 e. The minimum atomic E-state index is -4.61. The molecule has 2 aromatic rings. The standard InChI is InChI=1S/C14H8F6O2S/c15-13(16,17)9-1-5-11(6-2-9)23(21,22)12-7-3-10(4-8-12)14(18,19)20/h1-8H. The normalized spacial score (nSPS) is 13.1. The lowest BCUT2D eigenvalue weighted by molar-refractivity contribution is -0.138. The van der Waals surface area contributed by atoms with E-state index in [-0.39, 0.29) is 0 Å². The van der Waals surface area contributed by atoms with Crippen molar-refractivity contribution < 1.29 is 34.8 Å². The van der Waals surface area contributed by atoms with Crippen molar-refractivity contribution in [3.8, 4) is 0 Å². The molecule has 0 N–H and O–H groups in total. The maximum absolute atomic E-state index is 12.4. The summed E-state index contributed by atoms with van der Waals surface area (Å²) in [6.45, 7) is 0. The molecule has 0 saturated carbocycles. The molecule has 2 rings (SSSR count). The largest absolute Gasteiger partial charge is 0.416 e. The van der Waals surface area contributed by atoms with E-state index in [1.54, 1.807) is 0 Å². The van der Waals surface area contributed by atoms with Crippen LogP contribution in [0.1, 0.15) is 11.1 Å². The number of rotatable bonds is 2. The number of sulfone groups is 1. The Kier molecular flexibility index (Phi) is 4.18. The van der Waals surface area contributed by atoms with Gasteiger partial charge in [-0.05, 0) is 48.5 Å². The van der Waals surface area contributed by atoms with Gasteiger partial charge in [-0.2, -0.15) is 26.3 Å². The van der Waals surface area contributed by atoms with Gasteiger partial charge in [-0.3, -0.25) is 0 Å². The molecule has 0 bridgehead atoms. The number of halogens is 6. The van der Waals surface area contributed by atoms with Gasteiger partial charge in [0.1, 0.15) is 0 Å². The van der Waals surface area contributed by atoms with E-state index in [1.165, 1.54) is 0 Å². The van der Waals surface area contributed by atoms with Gasteiger partial charge < -0.3 is 0 Å². The monoisotopic (exact) mass is 354 g/mol. The molecule has 0 atom stereocenters. The molecule has 0 saturated heterocycles. The smallest absolute Gasteiger partial charge is 0.219 e. The van der Waals surface area contributed by atoms with Gasteiger partial charge in [-0.15, -0.1) is 0 Å². The molecular formula is C14H8F6O2S. The van der Waals surface area contributed by atoms with Gasteiger partial charge in [0.2, 0.25) is 9.84 Å². The highest BCUT2D eigenvalue weighted by Gasteiger charge is 2.32. The van der Waals surface area contributed by atoms with E-state index in [2.05, 4.69) is 0 Å². The van der Waals surface area contributed by atoms with E-state index in [4.69, 9.17) is 0 Å². The van der Waals surface area contributed by atoms with Crippen molar-refractivity contribution in [1.29, 1.82) is 0 Å². The first-order valence-electron chi connectivity index (χ1n) is 6.02. The summed E-state index contributed by atoms with van der Waals surface area (Å²) >= 11 is 0. The van der Waals surface area contributed by atoms with Crippen LogP contribution >= 0.6 is 0 Å². The Morgan fingerprint density at radius 1 is 0.565 bits per heavy atom. The third-order valence-corrected chi connectivity index (χ3v) is 4.77. The molecule has 0 aromatic heterocycles. The predicted molar refractivity (Wildman–Crippen MR) is 68.3 cm³/mol. The van der Waals surface area contributed by atoms with Crippen molar-refractivity contribution >= 4 is 9.84 Å². The quantitative estimate of drug-likeness (QED) is 0.741. The second-order valence-electron chi connectivity index (χ2n) is 4.55. The lowest BCUT2D eigenvalue weighted by Gasteiger charge is -2.10. The molecule has 0 heterocycles. The molecule has 2 nitrogen and oxygen atoms in total. The lowest BCUT2D eigenvalue weighted by Crippen LogP contribution is -2.08. The molecule has 23 heavy (non-hydrogen) atoms. The topological polar surface area (TPSA) is 34.1 Å². The summed E-state index contributed by atoms with van der Waals surface area (Å²) in [6, 6.07) is 5.42. The van der Waals surface area contributed by atoms with Gasteiger partial charge in [0, 0.05) is 0 Å². The molecule has 0 unspecified atom stereocenters. The number of hydrogen-bond acceptors (Lipinski definition) is 2. The fourth-order valence-electron chi connectivity index (χ4n) is 1.78. The van der Waals surface area contributed by atoms with Crippen LogP contribution in [0, 0.1) is 0 Å². The Morgan fingerprint density at radius 3 is 1.04 bits per heavy atom. The third-order valence-electron chi connectivity index (χ3n) is 2.98. The number of hydrogen-bond donors (Lipinski definition) is 0. The molecule has 0 aliphatic carbocycles. The fraction of sp³-hybridized carbons (Fsp3) is 0.143. The molecule has 0 aliphatic rings. The summed E-state index contributed by atoms with van der Waals surface area (Å²) in [4.78, 5) is -0.879. The third kappa shape index (κ3) is 3.66. The first-order chi connectivity index (χ1) is 10.4. The fourth-order valence-corrected chi connectivity index (χ4v) is 3.04. The summed E-state index contributed by atoms with van der Waals surface area (Å²) < 4.78 is 99.0. The lowest BCUT2D eigenvalue weighted by atomic mass is 10.2. The van der Waals surface area contributed by atoms with Crippen molar-refractivity contribution in [2.24, 2.45) is 0 Å². The zero-order valence-corrected chi connectivity index (χ0v) is 11.9. The van der Waals surface area contributed by atoms with E-state index >= 15 is 0 Å². The first kappa shape index (κ1) is 17.3. The average Bonchev–Trinajstić information content (AvgIpc) is 2.46. The van der Waals surface area contributed by atoms with Gasteiger partial charge in [0.25, 0.3) is 0 Å². The molecule has 0 aliphatic heterocycles. The number of benzene rings is 2. The molecule has 0 spiro atoms. The minimum absolute atomic E-state index is 0.440. The zero-order chi connectivity index (χ0) is 17.5. The van der Waals surface area contributed by atoms with E-state index in [0.29, 0.717) is 24.3 Å². The molecule has 0 fully saturated rings. The van der Waals surface area contributed by atoms with Crippen LogP contribution in [0.2, 0.25) is 0 Å². The van der Waals surface area contributed by atoms with E-state index in [9.17, 15) is 34.8 Å². The molecule has 0 radical (unpaired) electrons. The Balaban J connectivity index is 2.39. The van der Waals surface area contributed by atoms with E-state index in [1.807, 2.05) is 0 Å². The molecule has 0 amide bonds. The first-order valence-corrected chi connectivity index (χ1v) is 7.50. The Hall–Kier alpha value is -2.03. The van der Waals surface area contributed by atoms with Gasteiger partial charge in [0.05, 0.1) is 20.9 Å². The van der Waals surface area contributed by atoms with Crippen molar-refractivity contribution in [2.45, 2.75) is 22.1 Å². The molecule has 124 valence electrons. The minimum Gasteiger partial charge on any atom is -0.219 e. The summed E-state index contributed by atoms with van der Waals surface area (Å²) in [7, 11) is -4.20. The van der Waals surface area contributed by atoms with Gasteiger partial charge in [-0.25, -0.2) is 8.42 Å². The number of alkyl halides is 6. The SMILES string of the molecule is O=S(=O)(c1ccc(C(F)(F)F)cc1)c1ccc(C(F)(F)F)cc1. The van der Waals surface area contributed by atoms with Crippen molar-refractivity contribution in [1.82, 2.24) is 0 Å². The summed E-state index contributed by atoms with van der Waals surface area (Å²) in [5, 5.41) is 0. The zero-order valence-electron chi connectivity index (χ0n) is 11.1. The molecular weight excluding hydrogens is 346 g/mol. The summed E-state index contributed by atoms with van der Waals surface area (Å²) in [5.74, 6) is 0. The Morgan fingerprint density at radius 2 is 0.826 bits per heavy atom. The van der Waals surface area contributed by atoms with Crippen LogP contribution in [0.5, 0.6) is 0 Å². The van der Waals surface area contributed by atoms with Gasteiger partial charge >= 0.3 is 12.4 Å². The Labute approximate surface area is 127 Å².